The Labute approximate surface area is 179 Å². The van der Waals surface area contributed by atoms with E-state index in [4.69, 9.17) is 4.42 Å². The number of fused-ring (bicyclic) bond motifs is 2. The summed E-state index contributed by atoms with van der Waals surface area (Å²) in [6.45, 7) is 0.683. The molecule has 1 atom stereocenters. The van der Waals surface area contributed by atoms with Crippen LogP contribution in [0.2, 0.25) is 0 Å². The monoisotopic (exact) mass is 413 g/mol. The van der Waals surface area contributed by atoms with E-state index in [1.54, 1.807) is 12.5 Å². The van der Waals surface area contributed by atoms with Gasteiger partial charge in [0.1, 0.15) is 5.58 Å². The van der Waals surface area contributed by atoms with E-state index in [1.165, 1.54) is 23.4 Å². The molecule has 156 valence electrons. The molecule has 0 fully saturated rings. The van der Waals surface area contributed by atoms with Gasteiger partial charge in [0.2, 0.25) is 0 Å². The van der Waals surface area contributed by atoms with Crippen LogP contribution in [0.3, 0.4) is 0 Å². The van der Waals surface area contributed by atoms with Gasteiger partial charge in [0.05, 0.1) is 23.7 Å². The highest BCUT2D eigenvalue weighted by Gasteiger charge is 2.21. The number of carboxylic acids is 1. The molecule has 31 heavy (non-hydrogen) atoms. The predicted octanol–water partition coefficient (Wildman–Crippen LogP) is 5.80. The molecular formula is C25H23N3O3. The van der Waals surface area contributed by atoms with Crippen LogP contribution in [0, 0.1) is 0 Å². The number of carbonyl (C=O) groups is 1. The molecule has 2 aromatic heterocycles. The Morgan fingerprint density at radius 3 is 2.90 bits per heavy atom. The van der Waals surface area contributed by atoms with Crippen LogP contribution in [0.4, 0.5) is 17.1 Å². The van der Waals surface area contributed by atoms with Crippen LogP contribution in [0.5, 0.6) is 0 Å². The number of nitrogens with zero attached hydrogens (tertiary/aromatic N) is 1. The van der Waals surface area contributed by atoms with Gasteiger partial charge in [-0.05, 0) is 72.9 Å². The average Bonchev–Trinajstić information content (AvgIpc) is 3.25. The number of carboxylic acid groups (broad SMARTS) is 1. The molecule has 0 spiro atoms. The van der Waals surface area contributed by atoms with Gasteiger partial charge in [0.25, 0.3) is 0 Å². The van der Waals surface area contributed by atoms with Crippen molar-refractivity contribution in [2.45, 2.75) is 25.2 Å². The van der Waals surface area contributed by atoms with Gasteiger partial charge in [-0.1, -0.05) is 6.07 Å². The van der Waals surface area contributed by atoms with E-state index in [0.29, 0.717) is 18.2 Å². The van der Waals surface area contributed by atoms with Crippen molar-refractivity contribution in [3.8, 4) is 0 Å². The van der Waals surface area contributed by atoms with Crippen molar-refractivity contribution in [2.75, 3.05) is 17.2 Å². The molecule has 4 aromatic rings. The lowest BCUT2D eigenvalue weighted by atomic mass is 9.82. The second-order valence-electron chi connectivity index (χ2n) is 7.91. The zero-order chi connectivity index (χ0) is 21.2. The Morgan fingerprint density at radius 2 is 2.00 bits per heavy atom. The van der Waals surface area contributed by atoms with E-state index in [1.807, 2.05) is 18.2 Å². The molecule has 6 heteroatoms. The molecule has 2 heterocycles. The number of aromatic nitrogens is 1. The number of anilines is 3. The van der Waals surface area contributed by atoms with Gasteiger partial charge in [0, 0.05) is 35.4 Å². The summed E-state index contributed by atoms with van der Waals surface area (Å²) in [7, 11) is 0. The van der Waals surface area contributed by atoms with Gasteiger partial charge in [0.15, 0.2) is 0 Å². The van der Waals surface area contributed by atoms with Crippen molar-refractivity contribution >= 4 is 34.0 Å². The highest BCUT2D eigenvalue weighted by atomic mass is 16.4. The van der Waals surface area contributed by atoms with Crippen LogP contribution >= 0.6 is 0 Å². The first-order valence-electron chi connectivity index (χ1n) is 10.5. The third-order valence-electron chi connectivity index (χ3n) is 5.91. The van der Waals surface area contributed by atoms with E-state index in [2.05, 4.69) is 39.9 Å². The van der Waals surface area contributed by atoms with Gasteiger partial charge in [-0.3, -0.25) is 4.98 Å². The minimum absolute atomic E-state index is 0.250. The van der Waals surface area contributed by atoms with Crippen molar-refractivity contribution in [1.82, 2.24) is 4.98 Å². The van der Waals surface area contributed by atoms with Gasteiger partial charge in [-0.15, -0.1) is 0 Å². The van der Waals surface area contributed by atoms with Gasteiger partial charge >= 0.3 is 5.97 Å². The standard InChI is InChI=1S/C25H23N3O3/c29-25(30)22-8-10-26-15-23(22)27-14-18-3-1-2-16-12-19(4-6-21(16)18)28-20-5-7-24-17(13-20)9-11-31-24/h4-13,15,18,27-28H,1-3,14H2,(H,29,30)/t18-/m0/s1. The van der Waals surface area contributed by atoms with Crippen LogP contribution < -0.4 is 10.6 Å². The predicted molar refractivity (Wildman–Crippen MR) is 121 cm³/mol. The van der Waals surface area contributed by atoms with E-state index in [-0.39, 0.29) is 5.56 Å². The van der Waals surface area contributed by atoms with Gasteiger partial charge < -0.3 is 20.2 Å². The third-order valence-corrected chi connectivity index (χ3v) is 5.91. The van der Waals surface area contributed by atoms with Crippen LogP contribution in [0.1, 0.15) is 40.2 Å². The molecule has 1 aliphatic rings. The minimum Gasteiger partial charge on any atom is -0.478 e. The number of aryl methyl sites for hydroxylation is 1. The fourth-order valence-electron chi connectivity index (χ4n) is 4.37. The van der Waals surface area contributed by atoms with Gasteiger partial charge in [-0.2, -0.15) is 0 Å². The second kappa shape index (κ2) is 8.14. The maximum atomic E-state index is 11.4. The highest BCUT2D eigenvalue weighted by Crippen LogP contribution is 2.34. The molecule has 3 N–H and O–H groups in total. The first-order valence-corrected chi connectivity index (χ1v) is 10.5. The Morgan fingerprint density at radius 1 is 1.13 bits per heavy atom. The quantitative estimate of drug-likeness (QED) is 0.370. The third kappa shape index (κ3) is 3.97. The first kappa shape index (κ1) is 19.2. The molecule has 0 aliphatic heterocycles. The van der Waals surface area contributed by atoms with E-state index >= 15 is 0 Å². The van der Waals surface area contributed by atoms with Crippen molar-refractivity contribution in [1.29, 1.82) is 0 Å². The fourth-order valence-corrected chi connectivity index (χ4v) is 4.37. The molecule has 0 radical (unpaired) electrons. The Bertz CT molecular complexity index is 1250. The number of aromatic carboxylic acids is 1. The number of hydrogen-bond donors (Lipinski definition) is 3. The molecular weight excluding hydrogens is 390 g/mol. The first-order chi connectivity index (χ1) is 15.2. The normalized spacial score (nSPS) is 15.4. The zero-order valence-corrected chi connectivity index (χ0v) is 17.0. The summed E-state index contributed by atoms with van der Waals surface area (Å²) in [6.07, 6.45) is 8.03. The number of benzene rings is 2. The lowest BCUT2D eigenvalue weighted by molar-refractivity contribution is 0.0697. The summed E-state index contributed by atoms with van der Waals surface area (Å²) in [5.74, 6) is -0.611. The molecule has 2 aromatic carbocycles. The summed E-state index contributed by atoms with van der Waals surface area (Å²) in [5.41, 5.74) is 6.46. The SMILES string of the molecule is O=C(O)c1ccncc1NC[C@@H]1CCCc2cc(Nc3ccc4occc4c3)ccc21. The summed E-state index contributed by atoms with van der Waals surface area (Å²) in [4.78, 5) is 15.5. The van der Waals surface area contributed by atoms with E-state index < -0.39 is 5.97 Å². The molecule has 5 rings (SSSR count). The number of pyridine rings is 1. The number of rotatable bonds is 6. The summed E-state index contributed by atoms with van der Waals surface area (Å²) in [6, 6.07) is 16.1. The highest BCUT2D eigenvalue weighted by molar-refractivity contribution is 5.93. The van der Waals surface area contributed by atoms with Crippen molar-refractivity contribution < 1.29 is 14.3 Å². The summed E-state index contributed by atoms with van der Waals surface area (Å²) >= 11 is 0. The Hall–Kier alpha value is -3.80. The molecule has 0 bridgehead atoms. The molecule has 0 saturated carbocycles. The number of hydrogen-bond acceptors (Lipinski definition) is 5. The Kier molecular flexibility index (Phi) is 5.04. The van der Waals surface area contributed by atoms with Crippen LogP contribution in [0.15, 0.2) is 71.6 Å². The Balaban J connectivity index is 1.32. The zero-order valence-electron chi connectivity index (χ0n) is 17.0. The molecule has 6 nitrogen and oxygen atoms in total. The van der Waals surface area contributed by atoms with Crippen LogP contribution in [-0.4, -0.2) is 22.6 Å². The summed E-state index contributed by atoms with van der Waals surface area (Å²) in [5, 5.41) is 17.3. The average molecular weight is 413 g/mol. The lowest BCUT2D eigenvalue weighted by Gasteiger charge is -2.27. The van der Waals surface area contributed by atoms with Crippen molar-refractivity contribution in [2.24, 2.45) is 0 Å². The lowest BCUT2D eigenvalue weighted by Crippen LogP contribution is -2.19. The molecule has 0 saturated heterocycles. The van der Waals surface area contributed by atoms with E-state index in [9.17, 15) is 9.90 Å². The van der Waals surface area contributed by atoms with Crippen LogP contribution in [0.25, 0.3) is 11.0 Å². The maximum absolute atomic E-state index is 11.4. The summed E-state index contributed by atoms with van der Waals surface area (Å²) < 4.78 is 5.41. The minimum atomic E-state index is -0.946. The topological polar surface area (TPSA) is 87.4 Å². The van der Waals surface area contributed by atoms with Gasteiger partial charge in [-0.25, -0.2) is 4.79 Å². The largest absolute Gasteiger partial charge is 0.478 e. The van der Waals surface area contributed by atoms with Crippen LogP contribution in [-0.2, 0) is 6.42 Å². The maximum Gasteiger partial charge on any atom is 0.337 e. The molecule has 1 aliphatic carbocycles. The fraction of sp³-hybridized carbons (Fsp3) is 0.200. The number of nitrogens with one attached hydrogen (secondary N) is 2. The number of furan rings is 1. The molecule has 0 unspecified atom stereocenters. The van der Waals surface area contributed by atoms with E-state index in [0.717, 1.165) is 41.6 Å². The van der Waals surface area contributed by atoms with Crippen molar-refractivity contribution in [3.63, 3.8) is 0 Å². The van der Waals surface area contributed by atoms with Crippen molar-refractivity contribution in [3.05, 3.63) is 83.9 Å². The molecule has 0 amide bonds. The smallest absolute Gasteiger partial charge is 0.337 e. The second-order valence-corrected chi connectivity index (χ2v) is 7.91.